The van der Waals surface area contributed by atoms with Crippen LogP contribution in [0.15, 0.2) is 41.8 Å². The molecule has 2 N–H and O–H groups in total. The van der Waals surface area contributed by atoms with Gasteiger partial charge in [0.1, 0.15) is 0 Å². The van der Waals surface area contributed by atoms with Gasteiger partial charge >= 0.3 is 0 Å². The average molecular weight is 285 g/mol. The molecule has 20 heavy (non-hydrogen) atoms. The van der Waals surface area contributed by atoms with Crippen molar-refractivity contribution in [3.63, 3.8) is 0 Å². The van der Waals surface area contributed by atoms with E-state index < -0.39 is 0 Å². The number of nitrogens with zero attached hydrogens (tertiary/aromatic N) is 3. The van der Waals surface area contributed by atoms with Crippen LogP contribution in [0.2, 0.25) is 0 Å². The monoisotopic (exact) mass is 285 g/mol. The number of hydrogen-bond donors (Lipinski definition) is 2. The molecule has 6 heteroatoms. The van der Waals surface area contributed by atoms with Crippen LogP contribution in [0.3, 0.4) is 0 Å². The fraction of sp³-hybridized carbons (Fsp3) is 0.0714. The SMILES string of the molecule is Oc1cc(O)nc(-c2nc(Cc3ccccc3)cs2)n1. The van der Waals surface area contributed by atoms with Crippen LogP contribution in [0.4, 0.5) is 0 Å². The molecule has 0 fully saturated rings. The highest BCUT2D eigenvalue weighted by molar-refractivity contribution is 7.13. The predicted molar refractivity (Wildman–Crippen MR) is 75.7 cm³/mol. The summed E-state index contributed by atoms with van der Waals surface area (Å²) in [4.78, 5) is 12.1. The lowest BCUT2D eigenvalue weighted by Crippen LogP contribution is -1.91. The third-order valence-electron chi connectivity index (χ3n) is 2.67. The summed E-state index contributed by atoms with van der Waals surface area (Å²) in [6, 6.07) is 11.1. The van der Waals surface area contributed by atoms with E-state index in [1.54, 1.807) is 0 Å². The van der Waals surface area contributed by atoms with Crippen molar-refractivity contribution >= 4 is 11.3 Å². The van der Waals surface area contributed by atoms with Crippen molar-refractivity contribution in [1.29, 1.82) is 0 Å². The first-order valence-corrected chi connectivity index (χ1v) is 6.84. The van der Waals surface area contributed by atoms with Gasteiger partial charge < -0.3 is 10.2 Å². The minimum absolute atomic E-state index is 0.229. The standard InChI is InChI=1S/C14H11N3O2S/c18-11-7-12(19)17-13(16-11)14-15-10(8-20-14)6-9-4-2-1-3-5-9/h1-5,7-8H,6H2,(H2,16,17,18,19). The summed E-state index contributed by atoms with van der Waals surface area (Å²) >= 11 is 1.38. The molecule has 0 bridgehead atoms. The summed E-state index contributed by atoms with van der Waals surface area (Å²) in [5.74, 6) is -0.313. The van der Waals surface area contributed by atoms with Gasteiger partial charge in [-0.05, 0) is 5.56 Å². The summed E-state index contributed by atoms with van der Waals surface area (Å²) in [6.07, 6.45) is 0.724. The van der Waals surface area contributed by atoms with E-state index in [9.17, 15) is 10.2 Å². The highest BCUT2D eigenvalue weighted by Crippen LogP contribution is 2.25. The number of thiazole rings is 1. The van der Waals surface area contributed by atoms with Gasteiger partial charge in [-0.25, -0.2) is 4.98 Å². The second-order valence-electron chi connectivity index (χ2n) is 4.21. The molecule has 100 valence electrons. The van der Waals surface area contributed by atoms with E-state index in [-0.39, 0.29) is 17.6 Å². The smallest absolute Gasteiger partial charge is 0.218 e. The van der Waals surface area contributed by atoms with Gasteiger partial charge in [0, 0.05) is 11.8 Å². The Labute approximate surface area is 119 Å². The second-order valence-corrected chi connectivity index (χ2v) is 5.07. The summed E-state index contributed by atoms with van der Waals surface area (Å²) in [5.41, 5.74) is 2.08. The molecular weight excluding hydrogens is 274 g/mol. The lowest BCUT2D eigenvalue weighted by atomic mass is 10.1. The van der Waals surface area contributed by atoms with Crippen LogP contribution in [0.1, 0.15) is 11.3 Å². The molecule has 3 rings (SSSR count). The van der Waals surface area contributed by atoms with E-state index in [2.05, 4.69) is 15.0 Å². The van der Waals surface area contributed by atoms with Crippen molar-refractivity contribution in [2.24, 2.45) is 0 Å². The van der Waals surface area contributed by atoms with E-state index in [1.807, 2.05) is 35.7 Å². The molecule has 2 heterocycles. The molecule has 2 aromatic heterocycles. The lowest BCUT2D eigenvalue weighted by Gasteiger charge is -1.98. The van der Waals surface area contributed by atoms with Crippen molar-refractivity contribution in [2.75, 3.05) is 0 Å². The quantitative estimate of drug-likeness (QED) is 0.773. The molecule has 0 aliphatic rings. The topological polar surface area (TPSA) is 79.1 Å². The van der Waals surface area contributed by atoms with E-state index in [4.69, 9.17) is 0 Å². The molecule has 0 saturated heterocycles. The van der Waals surface area contributed by atoms with Gasteiger partial charge in [0.25, 0.3) is 0 Å². The van der Waals surface area contributed by atoms with Gasteiger partial charge in [-0.1, -0.05) is 30.3 Å². The zero-order chi connectivity index (χ0) is 13.9. The molecule has 0 aliphatic heterocycles. The van der Waals surface area contributed by atoms with Crippen molar-refractivity contribution in [1.82, 2.24) is 15.0 Å². The Morgan fingerprint density at radius 2 is 1.65 bits per heavy atom. The third-order valence-corrected chi connectivity index (χ3v) is 3.56. The second kappa shape index (κ2) is 5.26. The zero-order valence-corrected chi connectivity index (χ0v) is 11.2. The highest BCUT2D eigenvalue weighted by Gasteiger charge is 2.10. The van der Waals surface area contributed by atoms with Crippen molar-refractivity contribution in [2.45, 2.75) is 6.42 Å². The molecule has 0 radical (unpaired) electrons. The van der Waals surface area contributed by atoms with Gasteiger partial charge in [-0.3, -0.25) is 0 Å². The predicted octanol–water partition coefficient (Wildman–Crippen LogP) is 2.60. The molecule has 0 atom stereocenters. The normalized spacial score (nSPS) is 10.6. The molecule has 1 aromatic carbocycles. The van der Waals surface area contributed by atoms with Gasteiger partial charge in [0.15, 0.2) is 10.8 Å². The van der Waals surface area contributed by atoms with Crippen molar-refractivity contribution in [3.8, 4) is 22.6 Å². The van der Waals surface area contributed by atoms with Crippen LogP contribution in [-0.4, -0.2) is 25.2 Å². The first-order chi connectivity index (χ1) is 9.70. The van der Waals surface area contributed by atoms with Crippen LogP contribution in [-0.2, 0) is 6.42 Å². The molecule has 5 nitrogen and oxygen atoms in total. The molecule has 0 spiro atoms. The first kappa shape index (κ1) is 12.6. The highest BCUT2D eigenvalue weighted by atomic mass is 32.1. The van der Waals surface area contributed by atoms with Crippen LogP contribution in [0, 0.1) is 0 Å². The number of benzene rings is 1. The van der Waals surface area contributed by atoms with Gasteiger partial charge in [0.2, 0.25) is 11.8 Å². The zero-order valence-electron chi connectivity index (χ0n) is 10.4. The van der Waals surface area contributed by atoms with Crippen molar-refractivity contribution < 1.29 is 10.2 Å². The Hall–Kier alpha value is -2.47. The number of rotatable bonds is 3. The molecule has 0 saturated carbocycles. The van der Waals surface area contributed by atoms with E-state index in [1.165, 1.54) is 16.9 Å². The van der Waals surface area contributed by atoms with Crippen LogP contribution in [0.5, 0.6) is 11.8 Å². The largest absolute Gasteiger partial charge is 0.493 e. The Morgan fingerprint density at radius 3 is 2.35 bits per heavy atom. The molecule has 3 aromatic rings. The average Bonchev–Trinajstić information content (AvgIpc) is 2.87. The summed E-state index contributed by atoms with van der Waals surface area (Å²) < 4.78 is 0. The Bertz CT molecular complexity index is 708. The number of hydrogen-bond acceptors (Lipinski definition) is 6. The van der Waals surface area contributed by atoms with Gasteiger partial charge in [0.05, 0.1) is 11.8 Å². The summed E-state index contributed by atoms with van der Waals surface area (Å²) in [5, 5.41) is 21.2. The van der Waals surface area contributed by atoms with Gasteiger partial charge in [-0.15, -0.1) is 11.3 Å². The Kier molecular flexibility index (Phi) is 3.30. The lowest BCUT2D eigenvalue weighted by molar-refractivity contribution is 0.423. The maximum atomic E-state index is 9.36. The van der Waals surface area contributed by atoms with Crippen LogP contribution >= 0.6 is 11.3 Å². The molecule has 0 aliphatic carbocycles. The van der Waals surface area contributed by atoms with Crippen LogP contribution in [0.25, 0.3) is 10.8 Å². The fourth-order valence-electron chi connectivity index (χ4n) is 1.81. The molecule has 0 amide bonds. The Morgan fingerprint density at radius 1 is 0.950 bits per heavy atom. The van der Waals surface area contributed by atoms with E-state index in [0.717, 1.165) is 18.2 Å². The van der Waals surface area contributed by atoms with Crippen molar-refractivity contribution in [3.05, 3.63) is 53.0 Å². The maximum Gasteiger partial charge on any atom is 0.218 e. The minimum atomic E-state index is -0.271. The van der Waals surface area contributed by atoms with Gasteiger partial charge in [-0.2, -0.15) is 9.97 Å². The number of aromatic hydroxyl groups is 2. The van der Waals surface area contributed by atoms with E-state index >= 15 is 0 Å². The molecular formula is C14H11N3O2S. The summed E-state index contributed by atoms with van der Waals surface area (Å²) in [7, 11) is 0. The Balaban J connectivity index is 1.86. The van der Waals surface area contributed by atoms with E-state index in [0.29, 0.717) is 5.01 Å². The minimum Gasteiger partial charge on any atom is -0.493 e. The maximum absolute atomic E-state index is 9.36. The van der Waals surface area contributed by atoms with Crippen LogP contribution < -0.4 is 0 Å². The number of aromatic nitrogens is 3. The molecule has 0 unspecified atom stereocenters. The third kappa shape index (κ3) is 2.75. The fourth-order valence-corrected chi connectivity index (χ4v) is 2.56. The first-order valence-electron chi connectivity index (χ1n) is 5.96. The summed E-state index contributed by atoms with van der Waals surface area (Å²) in [6.45, 7) is 0.